The summed E-state index contributed by atoms with van der Waals surface area (Å²) in [6.45, 7) is 1.54. The number of rotatable bonds is 6. The predicted molar refractivity (Wildman–Crippen MR) is 113 cm³/mol. The van der Waals surface area contributed by atoms with Crippen LogP contribution in [0.3, 0.4) is 0 Å². The Kier molecular flexibility index (Phi) is 6.85. The van der Waals surface area contributed by atoms with E-state index in [4.69, 9.17) is 4.74 Å². The van der Waals surface area contributed by atoms with Crippen molar-refractivity contribution in [2.75, 3.05) is 45.7 Å². The van der Waals surface area contributed by atoms with Gasteiger partial charge >= 0.3 is 6.09 Å². The number of ether oxygens (including phenoxy) is 2. The highest BCUT2D eigenvalue weighted by atomic mass is 32.2. The van der Waals surface area contributed by atoms with Gasteiger partial charge in [0.1, 0.15) is 5.75 Å². The zero-order chi connectivity index (χ0) is 22.8. The van der Waals surface area contributed by atoms with Gasteiger partial charge in [0.05, 0.1) is 24.8 Å². The van der Waals surface area contributed by atoms with Crippen LogP contribution in [0.5, 0.6) is 5.75 Å². The highest BCUT2D eigenvalue weighted by Crippen LogP contribution is 2.31. The number of amides is 1. The van der Waals surface area contributed by atoms with E-state index in [2.05, 4.69) is 15.0 Å². The summed E-state index contributed by atoms with van der Waals surface area (Å²) < 4.78 is 63.8. The molecule has 0 saturated carbocycles. The molecule has 0 unspecified atom stereocenters. The smallest absolute Gasteiger partial charge is 0.413 e. The first-order valence-electron chi connectivity index (χ1n) is 9.06. The van der Waals surface area contributed by atoms with Crippen LogP contribution in [0, 0.1) is 6.92 Å². The second-order valence-corrected chi connectivity index (χ2v) is 11.6. The lowest BCUT2D eigenvalue weighted by Gasteiger charge is -2.33. The highest BCUT2D eigenvalue weighted by molar-refractivity contribution is 7.91. The first kappa shape index (κ1) is 23.4. The molecule has 170 valence electrons. The molecule has 3 rings (SSSR count). The first-order chi connectivity index (χ1) is 14.6. The summed E-state index contributed by atoms with van der Waals surface area (Å²) in [4.78, 5) is 15.5. The Balaban J connectivity index is 1.73. The largest absolute Gasteiger partial charge is 0.497 e. The number of nitrogens with zero attached hydrogens (tertiary/aromatic N) is 3. The van der Waals surface area contributed by atoms with Gasteiger partial charge in [-0.2, -0.15) is 8.61 Å². The van der Waals surface area contributed by atoms with Crippen LogP contribution < -0.4 is 10.1 Å². The van der Waals surface area contributed by atoms with Crippen LogP contribution in [0.4, 0.5) is 9.93 Å². The lowest BCUT2D eigenvalue weighted by Crippen LogP contribution is -2.50. The minimum atomic E-state index is -3.90. The van der Waals surface area contributed by atoms with Crippen molar-refractivity contribution < 1.29 is 31.1 Å². The summed E-state index contributed by atoms with van der Waals surface area (Å²) in [5.41, 5.74) is 0.240. The molecule has 11 nitrogen and oxygen atoms in total. The SMILES string of the molecule is COC(=O)Nc1nc(C)c(S(=O)(=O)N2CCN(S(=O)(=O)c3ccc(OC)cc3)CC2)s1. The Labute approximate surface area is 184 Å². The van der Waals surface area contributed by atoms with Gasteiger partial charge in [0, 0.05) is 26.2 Å². The van der Waals surface area contributed by atoms with Gasteiger partial charge in [-0.05, 0) is 31.2 Å². The van der Waals surface area contributed by atoms with E-state index in [0.717, 1.165) is 11.3 Å². The third-order valence-corrected chi connectivity index (χ3v) is 10.1. The van der Waals surface area contributed by atoms with Crippen molar-refractivity contribution in [3.05, 3.63) is 30.0 Å². The molecular weight excluding hydrogens is 468 g/mol. The lowest BCUT2D eigenvalue weighted by atomic mass is 10.3. The number of carbonyl (C=O) groups is 1. The van der Waals surface area contributed by atoms with Crippen molar-refractivity contribution in [3.8, 4) is 5.75 Å². The van der Waals surface area contributed by atoms with Crippen LogP contribution in [0.15, 0.2) is 33.4 Å². The molecule has 0 radical (unpaired) electrons. The van der Waals surface area contributed by atoms with Gasteiger partial charge < -0.3 is 9.47 Å². The second-order valence-electron chi connectivity index (χ2n) is 6.49. The molecule has 1 aromatic heterocycles. The molecule has 1 saturated heterocycles. The van der Waals surface area contributed by atoms with E-state index in [0.29, 0.717) is 5.75 Å². The molecule has 1 fully saturated rings. The fourth-order valence-corrected chi connectivity index (χ4v) is 7.36. The Hall–Kier alpha value is -2.26. The summed E-state index contributed by atoms with van der Waals surface area (Å²) in [5.74, 6) is 0.538. The average molecular weight is 491 g/mol. The van der Waals surface area contributed by atoms with E-state index in [-0.39, 0.29) is 46.1 Å². The van der Waals surface area contributed by atoms with Crippen LogP contribution >= 0.6 is 11.3 Å². The number of nitrogens with one attached hydrogen (secondary N) is 1. The summed E-state index contributed by atoms with van der Waals surface area (Å²) in [6, 6.07) is 6.02. The van der Waals surface area contributed by atoms with Gasteiger partial charge in [0.25, 0.3) is 10.0 Å². The van der Waals surface area contributed by atoms with E-state index >= 15 is 0 Å². The summed E-state index contributed by atoms with van der Waals surface area (Å²) in [6.07, 6.45) is -0.755. The molecular formula is C17H22N4O7S3. The number of aryl methyl sites for hydroxylation is 1. The Morgan fingerprint density at radius 3 is 2.06 bits per heavy atom. The molecule has 1 aliphatic rings. The van der Waals surface area contributed by atoms with Gasteiger partial charge in [-0.3, -0.25) is 5.32 Å². The second kappa shape index (κ2) is 9.08. The predicted octanol–water partition coefficient (Wildman–Crippen LogP) is 1.33. The zero-order valence-corrected chi connectivity index (χ0v) is 19.5. The third-order valence-electron chi connectivity index (χ3n) is 4.62. The molecule has 2 heterocycles. The fourth-order valence-electron chi connectivity index (χ4n) is 2.98. The van der Waals surface area contributed by atoms with Crippen LogP contribution in [0.1, 0.15) is 5.69 Å². The van der Waals surface area contributed by atoms with Crippen LogP contribution in [-0.2, 0) is 24.8 Å². The number of benzene rings is 1. The number of hydrogen-bond donors (Lipinski definition) is 1. The minimum Gasteiger partial charge on any atom is -0.497 e. The van der Waals surface area contributed by atoms with Gasteiger partial charge in [0.2, 0.25) is 10.0 Å². The van der Waals surface area contributed by atoms with Crippen molar-refractivity contribution >= 4 is 42.6 Å². The molecule has 0 aliphatic carbocycles. The molecule has 0 bridgehead atoms. The van der Waals surface area contributed by atoms with Crippen molar-refractivity contribution in [1.29, 1.82) is 0 Å². The molecule has 31 heavy (non-hydrogen) atoms. The van der Waals surface area contributed by atoms with E-state index in [9.17, 15) is 21.6 Å². The van der Waals surface area contributed by atoms with Gasteiger partial charge in [-0.15, -0.1) is 0 Å². The standard InChI is InChI=1S/C17H22N4O7S3/c1-12-15(29-16(18-12)19-17(22)28-3)31(25,26)21-10-8-20(9-11-21)30(23,24)14-6-4-13(27-2)5-7-14/h4-7H,8-11H2,1-3H3,(H,18,19,22). The minimum absolute atomic E-state index is 0.00514. The number of sulfonamides is 2. The topological polar surface area (TPSA) is 135 Å². The number of thiazole rings is 1. The maximum atomic E-state index is 13.0. The van der Waals surface area contributed by atoms with E-state index < -0.39 is 26.1 Å². The maximum absolute atomic E-state index is 13.0. The van der Waals surface area contributed by atoms with E-state index in [1.54, 1.807) is 12.1 Å². The zero-order valence-electron chi connectivity index (χ0n) is 17.1. The molecule has 14 heteroatoms. The quantitative estimate of drug-likeness (QED) is 0.641. The monoisotopic (exact) mass is 490 g/mol. The van der Waals surface area contributed by atoms with Crippen LogP contribution in [0.2, 0.25) is 0 Å². The molecule has 0 spiro atoms. The Morgan fingerprint density at radius 2 is 1.55 bits per heavy atom. The number of anilines is 1. The Morgan fingerprint density at radius 1 is 1.00 bits per heavy atom. The molecule has 1 aromatic carbocycles. The summed E-state index contributed by atoms with van der Waals surface area (Å²) in [5, 5.41) is 2.45. The fraction of sp³-hybridized carbons (Fsp3) is 0.412. The van der Waals surface area contributed by atoms with Crippen molar-refractivity contribution in [3.63, 3.8) is 0 Å². The summed E-state index contributed by atoms with van der Waals surface area (Å²) >= 11 is 0.814. The highest BCUT2D eigenvalue weighted by Gasteiger charge is 2.35. The van der Waals surface area contributed by atoms with E-state index in [1.807, 2.05) is 0 Å². The van der Waals surface area contributed by atoms with E-state index in [1.165, 1.54) is 41.9 Å². The van der Waals surface area contributed by atoms with Gasteiger partial charge in [-0.1, -0.05) is 11.3 Å². The number of piperazine rings is 1. The number of aromatic nitrogens is 1. The van der Waals surface area contributed by atoms with Crippen molar-refractivity contribution in [2.24, 2.45) is 0 Å². The molecule has 1 N–H and O–H groups in total. The van der Waals surface area contributed by atoms with Crippen molar-refractivity contribution in [1.82, 2.24) is 13.6 Å². The van der Waals surface area contributed by atoms with Crippen molar-refractivity contribution in [2.45, 2.75) is 16.0 Å². The Bertz CT molecular complexity index is 1150. The number of carbonyl (C=O) groups excluding carboxylic acids is 1. The van der Waals surface area contributed by atoms with Gasteiger partial charge in [0.15, 0.2) is 9.34 Å². The average Bonchev–Trinajstić information content (AvgIpc) is 3.14. The van der Waals surface area contributed by atoms with Gasteiger partial charge in [-0.25, -0.2) is 26.6 Å². The number of methoxy groups -OCH3 is 2. The normalized spacial score (nSPS) is 16.1. The molecule has 2 aromatic rings. The maximum Gasteiger partial charge on any atom is 0.413 e. The molecule has 1 aliphatic heterocycles. The van der Waals surface area contributed by atoms with Crippen LogP contribution in [-0.4, -0.2) is 76.9 Å². The number of hydrogen-bond acceptors (Lipinski definition) is 9. The third kappa shape index (κ3) is 4.82. The van der Waals surface area contributed by atoms with Crippen LogP contribution in [0.25, 0.3) is 0 Å². The molecule has 0 atom stereocenters. The lowest BCUT2D eigenvalue weighted by molar-refractivity contribution is 0.187. The summed E-state index contributed by atoms with van der Waals surface area (Å²) in [7, 11) is -4.98. The molecule has 1 amide bonds. The first-order valence-corrected chi connectivity index (χ1v) is 12.8.